The van der Waals surface area contributed by atoms with E-state index in [2.05, 4.69) is 5.32 Å². The number of rotatable bonds is 5. The van der Waals surface area contributed by atoms with Crippen molar-refractivity contribution in [1.29, 1.82) is 0 Å². The molecular formula is C16H13F2NO3. The molecule has 0 spiro atoms. The quantitative estimate of drug-likeness (QED) is 0.891. The molecule has 0 aliphatic heterocycles. The highest BCUT2D eigenvalue weighted by Crippen LogP contribution is 2.21. The van der Waals surface area contributed by atoms with Crippen LogP contribution in [-0.4, -0.2) is 17.0 Å². The smallest absolute Gasteiger partial charge is 0.311 e. The maximum Gasteiger partial charge on any atom is 0.311 e. The average molecular weight is 305 g/mol. The molecule has 0 aliphatic carbocycles. The minimum Gasteiger partial charge on any atom is -0.481 e. The Morgan fingerprint density at radius 1 is 1.05 bits per heavy atom. The fourth-order valence-corrected chi connectivity index (χ4v) is 2.00. The summed E-state index contributed by atoms with van der Waals surface area (Å²) in [7, 11) is 0. The summed E-state index contributed by atoms with van der Waals surface area (Å²) in [6.07, 6.45) is -0.307. The lowest BCUT2D eigenvalue weighted by atomic mass is 9.95. The summed E-state index contributed by atoms with van der Waals surface area (Å²) in [6.45, 7) is 0. The number of hydrogen-bond donors (Lipinski definition) is 2. The fraction of sp³-hybridized carbons (Fsp3) is 0.125. The first-order chi connectivity index (χ1) is 10.5. The Morgan fingerprint density at radius 2 is 1.73 bits per heavy atom. The molecule has 2 N–H and O–H groups in total. The van der Waals surface area contributed by atoms with Crippen molar-refractivity contribution in [2.45, 2.75) is 12.3 Å². The first kappa shape index (κ1) is 15.6. The van der Waals surface area contributed by atoms with E-state index in [9.17, 15) is 23.5 Å². The molecule has 0 saturated heterocycles. The number of amides is 1. The number of carbonyl (C=O) groups is 2. The lowest BCUT2D eigenvalue weighted by molar-refractivity contribution is -0.140. The Bertz CT molecular complexity index is 689. The molecule has 0 aliphatic rings. The zero-order valence-electron chi connectivity index (χ0n) is 11.4. The molecule has 0 radical (unpaired) electrons. The first-order valence-corrected chi connectivity index (χ1v) is 6.50. The van der Waals surface area contributed by atoms with E-state index in [4.69, 9.17) is 0 Å². The largest absolute Gasteiger partial charge is 0.481 e. The van der Waals surface area contributed by atoms with Gasteiger partial charge in [-0.05, 0) is 17.7 Å². The minimum absolute atomic E-state index is 0.0705. The highest BCUT2D eigenvalue weighted by atomic mass is 19.2. The van der Waals surface area contributed by atoms with E-state index in [0.717, 1.165) is 12.1 Å². The lowest BCUT2D eigenvalue weighted by Crippen LogP contribution is -2.21. The molecule has 4 nitrogen and oxygen atoms in total. The number of aliphatic carboxylic acids is 1. The summed E-state index contributed by atoms with van der Waals surface area (Å²) in [6, 6.07) is 11.3. The van der Waals surface area contributed by atoms with Crippen molar-refractivity contribution in [3.63, 3.8) is 0 Å². The van der Waals surface area contributed by atoms with Crippen molar-refractivity contribution in [3.8, 4) is 0 Å². The number of carboxylic acids is 1. The van der Waals surface area contributed by atoms with Gasteiger partial charge in [-0.3, -0.25) is 9.59 Å². The number of carboxylic acid groups (broad SMARTS) is 1. The Balaban J connectivity index is 2.08. The van der Waals surface area contributed by atoms with Crippen LogP contribution < -0.4 is 5.32 Å². The van der Waals surface area contributed by atoms with Crippen LogP contribution in [-0.2, 0) is 9.59 Å². The number of hydrogen-bond acceptors (Lipinski definition) is 2. The van der Waals surface area contributed by atoms with E-state index in [0.29, 0.717) is 5.56 Å². The van der Waals surface area contributed by atoms with Crippen LogP contribution in [0.3, 0.4) is 0 Å². The second-order valence-corrected chi connectivity index (χ2v) is 4.68. The molecule has 0 heterocycles. The van der Waals surface area contributed by atoms with Crippen LogP contribution in [0.25, 0.3) is 0 Å². The highest BCUT2D eigenvalue weighted by molar-refractivity contribution is 5.94. The predicted octanol–water partition coefficient (Wildman–Crippen LogP) is 3.16. The van der Waals surface area contributed by atoms with E-state index in [1.54, 1.807) is 30.3 Å². The van der Waals surface area contributed by atoms with E-state index in [-0.39, 0.29) is 12.1 Å². The van der Waals surface area contributed by atoms with Gasteiger partial charge in [0.2, 0.25) is 5.91 Å². The van der Waals surface area contributed by atoms with Crippen molar-refractivity contribution < 1.29 is 23.5 Å². The van der Waals surface area contributed by atoms with E-state index in [1.165, 1.54) is 6.07 Å². The van der Waals surface area contributed by atoms with Gasteiger partial charge >= 0.3 is 5.97 Å². The monoisotopic (exact) mass is 305 g/mol. The molecule has 0 bridgehead atoms. The summed E-state index contributed by atoms with van der Waals surface area (Å²) in [4.78, 5) is 23.2. The molecule has 6 heteroatoms. The van der Waals surface area contributed by atoms with Gasteiger partial charge in [0.25, 0.3) is 0 Å². The molecule has 1 unspecified atom stereocenters. The molecule has 0 aromatic heterocycles. The Kier molecular flexibility index (Phi) is 4.83. The summed E-state index contributed by atoms with van der Waals surface area (Å²) < 4.78 is 25.9. The molecule has 2 aromatic rings. The number of halogens is 2. The van der Waals surface area contributed by atoms with Crippen molar-refractivity contribution in [2.75, 3.05) is 5.32 Å². The van der Waals surface area contributed by atoms with Crippen LogP contribution in [0.15, 0.2) is 48.5 Å². The van der Waals surface area contributed by atoms with Gasteiger partial charge in [0.05, 0.1) is 5.92 Å². The van der Waals surface area contributed by atoms with Gasteiger partial charge < -0.3 is 10.4 Å². The van der Waals surface area contributed by atoms with Gasteiger partial charge in [-0.2, -0.15) is 0 Å². The fourth-order valence-electron chi connectivity index (χ4n) is 2.00. The van der Waals surface area contributed by atoms with Gasteiger partial charge in [-0.25, -0.2) is 8.78 Å². The second-order valence-electron chi connectivity index (χ2n) is 4.68. The van der Waals surface area contributed by atoms with Gasteiger partial charge in [-0.15, -0.1) is 0 Å². The summed E-state index contributed by atoms with van der Waals surface area (Å²) >= 11 is 0. The maximum atomic E-state index is 13.1. The van der Waals surface area contributed by atoms with Crippen LogP contribution in [0.2, 0.25) is 0 Å². The SMILES string of the molecule is O=C(CC(C(=O)O)c1ccccc1)Nc1ccc(F)c(F)c1. The van der Waals surface area contributed by atoms with Crippen LogP contribution in [0.4, 0.5) is 14.5 Å². The number of carbonyl (C=O) groups excluding carboxylic acids is 1. The Morgan fingerprint density at radius 3 is 2.32 bits per heavy atom. The summed E-state index contributed by atoms with van der Waals surface area (Å²) in [5.41, 5.74) is 0.566. The zero-order chi connectivity index (χ0) is 16.1. The Hall–Kier alpha value is -2.76. The summed E-state index contributed by atoms with van der Waals surface area (Å²) in [5, 5.41) is 11.6. The lowest BCUT2D eigenvalue weighted by Gasteiger charge is -2.13. The highest BCUT2D eigenvalue weighted by Gasteiger charge is 2.23. The molecule has 1 amide bonds. The van der Waals surface area contributed by atoms with Crippen molar-refractivity contribution in [3.05, 3.63) is 65.7 Å². The van der Waals surface area contributed by atoms with Gasteiger partial charge in [0.1, 0.15) is 0 Å². The molecule has 2 aromatic carbocycles. The van der Waals surface area contributed by atoms with Gasteiger partial charge in [0.15, 0.2) is 11.6 Å². The van der Waals surface area contributed by atoms with E-state index in [1.807, 2.05) is 0 Å². The molecule has 2 rings (SSSR count). The van der Waals surface area contributed by atoms with Crippen molar-refractivity contribution >= 4 is 17.6 Å². The van der Waals surface area contributed by atoms with Crippen LogP contribution in [0.1, 0.15) is 17.9 Å². The zero-order valence-corrected chi connectivity index (χ0v) is 11.4. The molecular weight excluding hydrogens is 292 g/mol. The third kappa shape index (κ3) is 3.88. The third-order valence-corrected chi connectivity index (χ3v) is 3.09. The number of benzene rings is 2. The number of anilines is 1. The van der Waals surface area contributed by atoms with Crippen molar-refractivity contribution in [2.24, 2.45) is 0 Å². The van der Waals surface area contributed by atoms with E-state index < -0.39 is 29.4 Å². The van der Waals surface area contributed by atoms with E-state index >= 15 is 0 Å². The normalized spacial score (nSPS) is 11.7. The van der Waals surface area contributed by atoms with Crippen molar-refractivity contribution in [1.82, 2.24) is 0 Å². The molecule has 0 fully saturated rings. The van der Waals surface area contributed by atoms with Gasteiger partial charge in [0, 0.05) is 18.2 Å². The molecule has 1 atom stereocenters. The van der Waals surface area contributed by atoms with Gasteiger partial charge in [-0.1, -0.05) is 30.3 Å². The maximum absolute atomic E-state index is 13.1. The topological polar surface area (TPSA) is 66.4 Å². The van der Waals surface area contributed by atoms with Crippen LogP contribution in [0.5, 0.6) is 0 Å². The van der Waals surface area contributed by atoms with Crippen LogP contribution in [0, 0.1) is 11.6 Å². The Labute approximate surface area is 125 Å². The second kappa shape index (κ2) is 6.80. The molecule has 22 heavy (non-hydrogen) atoms. The van der Waals surface area contributed by atoms with Crippen LogP contribution >= 0.6 is 0 Å². The minimum atomic E-state index is -1.13. The first-order valence-electron chi connectivity index (χ1n) is 6.50. The molecule has 114 valence electrons. The predicted molar refractivity (Wildman–Crippen MR) is 76.4 cm³/mol. The number of nitrogens with one attached hydrogen (secondary N) is 1. The average Bonchev–Trinajstić information content (AvgIpc) is 2.49. The third-order valence-electron chi connectivity index (χ3n) is 3.09. The standard InChI is InChI=1S/C16H13F2NO3/c17-13-7-6-11(8-14(13)18)19-15(20)9-12(16(21)22)10-4-2-1-3-5-10/h1-8,12H,9H2,(H,19,20)(H,21,22). The molecule has 0 saturated carbocycles. The summed E-state index contributed by atoms with van der Waals surface area (Å²) in [5.74, 6) is -4.85.